The first kappa shape index (κ1) is 9.52. The van der Waals surface area contributed by atoms with E-state index in [4.69, 9.17) is 5.11 Å². The van der Waals surface area contributed by atoms with Crippen molar-refractivity contribution in [3.8, 4) is 0 Å². The Morgan fingerprint density at radius 2 is 2.42 bits per heavy atom. The quantitative estimate of drug-likeness (QED) is 0.671. The predicted octanol–water partition coefficient (Wildman–Crippen LogP) is 1.24. The third-order valence-electron chi connectivity index (χ3n) is 2.47. The average Bonchev–Trinajstić information content (AvgIpc) is 2.06. The highest BCUT2D eigenvalue weighted by atomic mass is 16.4. The lowest BCUT2D eigenvalue weighted by Gasteiger charge is -2.24. The Morgan fingerprint density at radius 1 is 1.67 bits per heavy atom. The van der Waals surface area contributed by atoms with Crippen LogP contribution in [0.4, 0.5) is 0 Å². The van der Waals surface area contributed by atoms with Gasteiger partial charge in [0.1, 0.15) is 0 Å². The van der Waals surface area contributed by atoms with Crippen molar-refractivity contribution < 1.29 is 9.90 Å². The van der Waals surface area contributed by atoms with Gasteiger partial charge in [-0.25, -0.2) is 0 Å². The van der Waals surface area contributed by atoms with Crippen LogP contribution in [0.1, 0.15) is 32.6 Å². The fraction of sp³-hybridized carbons (Fsp3) is 0.889. The van der Waals surface area contributed by atoms with Crippen molar-refractivity contribution in [2.75, 3.05) is 6.54 Å². The number of rotatable bonds is 3. The first-order chi connectivity index (χ1) is 5.70. The summed E-state index contributed by atoms with van der Waals surface area (Å²) in [5, 5.41) is 12.0. The molecule has 0 bridgehead atoms. The molecule has 1 rings (SSSR count). The van der Waals surface area contributed by atoms with Gasteiger partial charge in [-0.05, 0) is 25.8 Å². The van der Waals surface area contributed by atoms with Gasteiger partial charge < -0.3 is 10.4 Å². The summed E-state index contributed by atoms with van der Waals surface area (Å²) in [6.45, 7) is 2.83. The van der Waals surface area contributed by atoms with E-state index >= 15 is 0 Å². The van der Waals surface area contributed by atoms with Gasteiger partial charge in [0.05, 0.1) is 5.92 Å². The topological polar surface area (TPSA) is 49.3 Å². The number of piperidine rings is 1. The van der Waals surface area contributed by atoms with Crippen molar-refractivity contribution in [3.05, 3.63) is 0 Å². The molecular formula is C9H17NO2. The molecule has 12 heavy (non-hydrogen) atoms. The molecular weight excluding hydrogens is 154 g/mol. The molecule has 0 aromatic carbocycles. The third-order valence-corrected chi connectivity index (χ3v) is 2.47. The molecule has 0 spiro atoms. The summed E-state index contributed by atoms with van der Waals surface area (Å²) in [5.41, 5.74) is 0. The number of carbonyl (C=O) groups is 1. The Hall–Kier alpha value is -0.570. The van der Waals surface area contributed by atoms with Gasteiger partial charge in [0.15, 0.2) is 0 Å². The second kappa shape index (κ2) is 4.45. The zero-order chi connectivity index (χ0) is 8.97. The third kappa shape index (κ3) is 2.81. The maximum Gasteiger partial charge on any atom is 0.306 e. The van der Waals surface area contributed by atoms with Gasteiger partial charge in [0.2, 0.25) is 0 Å². The molecule has 2 atom stereocenters. The van der Waals surface area contributed by atoms with E-state index in [0.717, 1.165) is 19.4 Å². The molecule has 0 aromatic heterocycles. The maximum atomic E-state index is 10.5. The van der Waals surface area contributed by atoms with Crippen LogP contribution in [-0.4, -0.2) is 23.7 Å². The number of nitrogens with one attached hydrogen (secondary N) is 1. The Labute approximate surface area is 73.2 Å². The van der Waals surface area contributed by atoms with E-state index in [2.05, 4.69) is 5.32 Å². The van der Waals surface area contributed by atoms with Crippen LogP contribution in [0, 0.1) is 5.92 Å². The highest BCUT2D eigenvalue weighted by Gasteiger charge is 2.19. The van der Waals surface area contributed by atoms with Crippen LogP contribution in [0.25, 0.3) is 0 Å². The maximum absolute atomic E-state index is 10.5. The molecule has 1 saturated heterocycles. The van der Waals surface area contributed by atoms with Crippen LogP contribution in [-0.2, 0) is 4.79 Å². The number of hydrogen-bond donors (Lipinski definition) is 2. The molecule has 3 nitrogen and oxygen atoms in total. The van der Waals surface area contributed by atoms with Crippen molar-refractivity contribution in [1.82, 2.24) is 5.32 Å². The lowest BCUT2D eigenvalue weighted by molar-refractivity contribution is -0.141. The number of carboxylic acids is 1. The minimum atomic E-state index is -0.678. The second-order valence-corrected chi connectivity index (χ2v) is 3.62. The molecule has 1 aliphatic heterocycles. The highest BCUT2D eigenvalue weighted by Crippen LogP contribution is 2.14. The second-order valence-electron chi connectivity index (χ2n) is 3.62. The summed E-state index contributed by atoms with van der Waals surface area (Å²) in [4.78, 5) is 10.5. The summed E-state index contributed by atoms with van der Waals surface area (Å²) in [6, 6.07) is 0.435. The van der Waals surface area contributed by atoms with Crippen molar-refractivity contribution in [2.45, 2.75) is 38.6 Å². The monoisotopic (exact) mass is 171 g/mol. The minimum Gasteiger partial charge on any atom is -0.481 e. The van der Waals surface area contributed by atoms with E-state index in [0.29, 0.717) is 6.04 Å². The van der Waals surface area contributed by atoms with Gasteiger partial charge in [-0.2, -0.15) is 0 Å². The molecule has 1 heterocycles. The Balaban J connectivity index is 2.24. The SMILES string of the molecule is C[C@@H](C[C@@H]1CCCCN1)C(=O)O. The Kier molecular flexibility index (Phi) is 3.53. The van der Waals surface area contributed by atoms with Crippen LogP contribution < -0.4 is 5.32 Å². The average molecular weight is 171 g/mol. The van der Waals surface area contributed by atoms with E-state index in [1.165, 1.54) is 12.8 Å². The van der Waals surface area contributed by atoms with Crippen LogP contribution in [0.2, 0.25) is 0 Å². The lowest BCUT2D eigenvalue weighted by Crippen LogP contribution is -2.36. The van der Waals surface area contributed by atoms with E-state index < -0.39 is 5.97 Å². The summed E-state index contributed by atoms with van der Waals surface area (Å²) in [6.07, 6.45) is 4.38. The van der Waals surface area contributed by atoms with E-state index in [1.807, 2.05) is 0 Å². The number of carboxylic acid groups (broad SMARTS) is 1. The largest absolute Gasteiger partial charge is 0.481 e. The van der Waals surface area contributed by atoms with Gasteiger partial charge in [0.25, 0.3) is 0 Å². The molecule has 0 aromatic rings. The van der Waals surface area contributed by atoms with Crippen LogP contribution in [0.5, 0.6) is 0 Å². The van der Waals surface area contributed by atoms with Crippen LogP contribution >= 0.6 is 0 Å². The Morgan fingerprint density at radius 3 is 2.92 bits per heavy atom. The smallest absolute Gasteiger partial charge is 0.306 e. The van der Waals surface area contributed by atoms with Crippen molar-refractivity contribution in [2.24, 2.45) is 5.92 Å². The first-order valence-electron chi connectivity index (χ1n) is 4.66. The lowest BCUT2D eigenvalue weighted by atomic mass is 9.95. The normalized spacial score (nSPS) is 26.6. The van der Waals surface area contributed by atoms with Crippen molar-refractivity contribution in [1.29, 1.82) is 0 Å². The van der Waals surface area contributed by atoms with Crippen molar-refractivity contribution in [3.63, 3.8) is 0 Å². The molecule has 0 radical (unpaired) electrons. The van der Waals surface area contributed by atoms with E-state index in [9.17, 15) is 4.79 Å². The molecule has 0 saturated carbocycles. The van der Waals surface area contributed by atoms with E-state index in [1.54, 1.807) is 6.92 Å². The van der Waals surface area contributed by atoms with E-state index in [-0.39, 0.29) is 5.92 Å². The van der Waals surface area contributed by atoms with Gasteiger partial charge >= 0.3 is 5.97 Å². The summed E-state index contributed by atoms with van der Waals surface area (Å²) >= 11 is 0. The standard InChI is InChI=1S/C9H17NO2/c1-7(9(11)12)6-8-4-2-3-5-10-8/h7-8,10H,2-6H2,1H3,(H,11,12)/t7-,8-/m0/s1. The zero-order valence-electron chi connectivity index (χ0n) is 7.55. The zero-order valence-corrected chi connectivity index (χ0v) is 7.55. The van der Waals surface area contributed by atoms with Crippen molar-refractivity contribution >= 4 is 5.97 Å². The van der Waals surface area contributed by atoms with Crippen LogP contribution in [0.3, 0.4) is 0 Å². The number of aliphatic carboxylic acids is 1. The summed E-state index contributed by atoms with van der Waals surface area (Å²) in [5.74, 6) is -0.886. The minimum absolute atomic E-state index is 0.208. The molecule has 2 N–H and O–H groups in total. The van der Waals surface area contributed by atoms with Gasteiger partial charge in [-0.15, -0.1) is 0 Å². The molecule has 1 aliphatic rings. The number of hydrogen-bond acceptors (Lipinski definition) is 2. The van der Waals surface area contributed by atoms with Gasteiger partial charge in [-0.1, -0.05) is 13.3 Å². The molecule has 3 heteroatoms. The van der Waals surface area contributed by atoms with Gasteiger partial charge in [0, 0.05) is 6.04 Å². The molecule has 0 amide bonds. The van der Waals surface area contributed by atoms with Gasteiger partial charge in [-0.3, -0.25) is 4.79 Å². The predicted molar refractivity (Wildman–Crippen MR) is 47.1 cm³/mol. The summed E-state index contributed by atoms with van der Waals surface area (Å²) < 4.78 is 0. The first-order valence-corrected chi connectivity index (χ1v) is 4.66. The van der Waals surface area contributed by atoms with Crippen LogP contribution in [0.15, 0.2) is 0 Å². The molecule has 70 valence electrons. The Bertz CT molecular complexity index is 153. The molecule has 1 fully saturated rings. The summed E-state index contributed by atoms with van der Waals surface area (Å²) in [7, 11) is 0. The highest BCUT2D eigenvalue weighted by molar-refractivity contribution is 5.69. The fourth-order valence-corrected chi connectivity index (χ4v) is 1.65. The molecule has 0 unspecified atom stereocenters. The molecule has 0 aliphatic carbocycles. The fourth-order valence-electron chi connectivity index (χ4n) is 1.65.